The second kappa shape index (κ2) is 5.25. The van der Waals surface area contributed by atoms with Gasteiger partial charge >= 0.3 is 0 Å². The standard InChI is InChI=1S/C12H16N2O3/c15-11(10-2-1-5-13-8-10)14-9-12(16)3-6-17-7-4-12/h1-2,5,8,16H,3-4,6-7,9H2,(H,14,15). The number of amides is 1. The molecule has 1 aromatic rings. The quantitative estimate of drug-likeness (QED) is 0.794. The highest BCUT2D eigenvalue weighted by atomic mass is 16.5. The van der Waals surface area contributed by atoms with Gasteiger partial charge in [0, 0.05) is 45.0 Å². The zero-order valence-electron chi connectivity index (χ0n) is 9.56. The summed E-state index contributed by atoms with van der Waals surface area (Å²) in [7, 11) is 0. The van der Waals surface area contributed by atoms with Crippen molar-refractivity contribution in [1.29, 1.82) is 0 Å². The number of nitrogens with zero attached hydrogens (tertiary/aromatic N) is 1. The van der Waals surface area contributed by atoms with Crippen molar-refractivity contribution in [2.24, 2.45) is 0 Å². The third kappa shape index (κ3) is 3.25. The highest BCUT2D eigenvalue weighted by Crippen LogP contribution is 2.19. The van der Waals surface area contributed by atoms with E-state index in [1.165, 1.54) is 6.20 Å². The number of rotatable bonds is 3. The van der Waals surface area contributed by atoms with Gasteiger partial charge in [0.15, 0.2) is 0 Å². The number of carbonyl (C=O) groups is 1. The lowest BCUT2D eigenvalue weighted by molar-refractivity contribution is -0.0605. The van der Waals surface area contributed by atoms with E-state index in [0.717, 1.165) is 0 Å². The van der Waals surface area contributed by atoms with Crippen molar-refractivity contribution in [1.82, 2.24) is 10.3 Å². The van der Waals surface area contributed by atoms with Crippen LogP contribution in [0.5, 0.6) is 0 Å². The van der Waals surface area contributed by atoms with Crippen LogP contribution in [0.4, 0.5) is 0 Å². The summed E-state index contributed by atoms with van der Waals surface area (Å²) < 4.78 is 5.17. The van der Waals surface area contributed by atoms with E-state index in [1.807, 2.05) is 0 Å². The van der Waals surface area contributed by atoms with Gasteiger partial charge in [-0.25, -0.2) is 0 Å². The average molecular weight is 236 g/mol. The number of aromatic nitrogens is 1. The molecule has 2 rings (SSSR count). The van der Waals surface area contributed by atoms with Gasteiger partial charge in [-0.2, -0.15) is 0 Å². The SMILES string of the molecule is O=C(NCC1(O)CCOCC1)c1cccnc1. The molecule has 0 saturated carbocycles. The fourth-order valence-electron chi connectivity index (χ4n) is 1.77. The Bertz CT molecular complexity index is 375. The van der Waals surface area contributed by atoms with E-state index in [0.29, 0.717) is 31.6 Å². The van der Waals surface area contributed by atoms with Crippen molar-refractivity contribution in [3.8, 4) is 0 Å². The second-order valence-corrected chi connectivity index (χ2v) is 4.26. The minimum absolute atomic E-state index is 0.210. The molecule has 0 aliphatic carbocycles. The third-order valence-electron chi connectivity index (χ3n) is 2.93. The molecule has 17 heavy (non-hydrogen) atoms. The van der Waals surface area contributed by atoms with Crippen molar-refractivity contribution in [2.45, 2.75) is 18.4 Å². The van der Waals surface area contributed by atoms with Crippen LogP contribution >= 0.6 is 0 Å². The van der Waals surface area contributed by atoms with Gasteiger partial charge in [-0.05, 0) is 12.1 Å². The largest absolute Gasteiger partial charge is 0.388 e. The fourth-order valence-corrected chi connectivity index (χ4v) is 1.77. The summed E-state index contributed by atoms with van der Waals surface area (Å²) in [4.78, 5) is 15.6. The minimum atomic E-state index is -0.837. The van der Waals surface area contributed by atoms with Gasteiger partial charge in [0.25, 0.3) is 5.91 Å². The van der Waals surface area contributed by atoms with Crippen LogP contribution in [0.1, 0.15) is 23.2 Å². The van der Waals surface area contributed by atoms with Crippen molar-refractivity contribution in [3.05, 3.63) is 30.1 Å². The fraction of sp³-hybridized carbons (Fsp3) is 0.500. The Hall–Kier alpha value is -1.46. The Labute approximate surface area is 99.8 Å². The molecule has 1 amide bonds. The molecule has 5 nitrogen and oxygen atoms in total. The first-order valence-corrected chi connectivity index (χ1v) is 5.68. The third-order valence-corrected chi connectivity index (χ3v) is 2.93. The number of aliphatic hydroxyl groups is 1. The molecule has 1 aliphatic rings. The van der Waals surface area contributed by atoms with Crippen LogP contribution in [-0.4, -0.2) is 41.4 Å². The summed E-state index contributed by atoms with van der Waals surface area (Å²) in [5.41, 5.74) is -0.334. The Balaban J connectivity index is 1.87. The summed E-state index contributed by atoms with van der Waals surface area (Å²) in [5, 5.41) is 12.9. The molecule has 5 heteroatoms. The molecule has 2 heterocycles. The topological polar surface area (TPSA) is 71.5 Å². The van der Waals surface area contributed by atoms with E-state index < -0.39 is 5.60 Å². The predicted octanol–water partition coefficient (Wildman–Crippen LogP) is 0.353. The number of hydrogen-bond acceptors (Lipinski definition) is 4. The molecule has 0 spiro atoms. The predicted molar refractivity (Wildman–Crippen MR) is 61.6 cm³/mol. The molecule has 1 fully saturated rings. The number of ether oxygens (including phenoxy) is 1. The van der Waals surface area contributed by atoms with E-state index in [9.17, 15) is 9.90 Å². The average Bonchev–Trinajstić information content (AvgIpc) is 2.38. The molecule has 1 saturated heterocycles. The van der Waals surface area contributed by atoms with Crippen molar-refractivity contribution in [3.63, 3.8) is 0 Å². The molecule has 2 N–H and O–H groups in total. The van der Waals surface area contributed by atoms with Crippen LogP contribution in [0.25, 0.3) is 0 Å². The number of pyridine rings is 1. The first-order valence-electron chi connectivity index (χ1n) is 5.68. The molecule has 0 bridgehead atoms. The van der Waals surface area contributed by atoms with E-state index >= 15 is 0 Å². The highest BCUT2D eigenvalue weighted by molar-refractivity contribution is 5.93. The Morgan fingerprint density at radius 3 is 2.94 bits per heavy atom. The maximum Gasteiger partial charge on any atom is 0.252 e. The van der Waals surface area contributed by atoms with Crippen molar-refractivity contribution >= 4 is 5.91 Å². The lowest BCUT2D eigenvalue weighted by Crippen LogP contribution is -2.46. The monoisotopic (exact) mass is 236 g/mol. The first kappa shape index (κ1) is 12.0. The zero-order chi connectivity index (χ0) is 12.1. The molecular formula is C12H16N2O3. The van der Waals surface area contributed by atoms with Gasteiger partial charge in [-0.1, -0.05) is 0 Å². The van der Waals surface area contributed by atoms with E-state index in [4.69, 9.17) is 4.74 Å². The number of nitrogens with one attached hydrogen (secondary N) is 1. The summed E-state index contributed by atoms with van der Waals surface area (Å²) in [6.07, 6.45) is 4.23. The summed E-state index contributed by atoms with van der Waals surface area (Å²) in [6, 6.07) is 3.40. The number of hydrogen-bond donors (Lipinski definition) is 2. The lowest BCUT2D eigenvalue weighted by Gasteiger charge is -2.32. The number of carbonyl (C=O) groups excluding carboxylic acids is 1. The highest BCUT2D eigenvalue weighted by Gasteiger charge is 2.30. The molecule has 0 aromatic carbocycles. The normalized spacial score (nSPS) is 18.6. The smallest absolute Gasteiger partial charge is 0.252 e. The van der Waals surface area contributed by atoms with E-state index in [-0.39, 0.29) is 12.5 Å². The summed E-state index contributed by atoms with van der Waals surface area (Å²) >= 11 is 0. The van der Waals surface area contributed by atoms with Gasteiger partial charge in [0.1, 0.15) is 0 Å². The lowest BCUT2D eigenvalue weighted by atomic mass is 9.94. The first-order chi connectivity index (χ1) is 8.20. The molecule has 1 aliphatic heterocycles. The van der Waals surface area contributed by atoms with Crippen LogP contribution in [-0.2, 0) is 4.74 Å². The van der Waals surface area contributed by atoms with Crippen LogP contribution < -0.4 is 5.32 Å². The Kier molecular flexibility index (Phi) is 3.71. The summed E-state index contributed by atoms with van der Waals surface area (Å²) in [5.74, 6) is -0.210. The maximum atomic E-state index is 11.7. The Morgan fingerprint density at radius 1 is 1.53 bits per heavy atom. The molecular weight excluding hydrogens is 220 g/mol. The van der Waals surface area contributed by atoms with Gasteiger partial charge in [-0.15, -0.1) is 0 Å². The molecule has 1 aromatic heterocycles. The van der Waals surface area contributed by atoms with Crippen LogP contribution in [0.15, 0.2) is 24.5 Å². The van der Waals surface area contributed by atoms with Crippen LogP contribution in [0.2, 0.25) is 0 Å². The molecule has 0 radical (unpaired) electrons. The van der Waals surface area contributed by atoms with Crippen LogP contribution in [0, 0.1) is 0 Å². The van der Waals surface area contributed by atoms with Crippen molar-refractivity contribution < 1.29 is 14.6 Å². The van der Waals surface area contributed by atoms with Crippen LogP contribution in [0.3, 0.4) is 0 Å². The molecule has 92 valence electrons. The Morgan fingerprint density at radius 2 is 2.29 bits per heavy atom. The van der Waals surface area contributed by atoms with Crippen molar-refractivity contribution in [2.75, 3.05) is 19.8 Å². The zero-order valence-corrected chi connectivity index (χ0v) is 9.56. The van der Waals surface area contributed by atoms with E-state index in [1.54, 1.807) is 18.3 Å². The minimum Gasteiger partial charge on any atom is -0.388 e. The van der Waals surface area contributed by atoms with Gasteiger partial charge in [0.2, 0.25) is 0 Å². The van der Waals surface area contributed by atoms with Gasteiger partial charge in [0.05, 0.1) is 11.2 Å². The second-order valence-electron chi connectivity index (χ2n) is 4.26. The van der Waals surface area contributed by atoms with Gasteiger partial charge < -0.3 is 15.2 Å². The maximum absolute atomic E-state index is 11.7. The molecule has 0 atom stereocenters. The molecule has 0 unspecified atom stereocenters. The van der Waals surface area contributed by atoms with Gasteiger partial charge in [-0.3, -0.25) is 9.78 Å². The summed E-state index contributed by atoms with van der Waals surface area (Å²) in [6.45, 7) is 1.34. The van der Waals surface area contributed by atoms with E-state index in [2.05, 4.69) is 10.3 Å².